The maximum Gasteiger partial charge on any atom is 0.149 e. The van der Waals surface area contributed by atoms with E-state index < -0.39 is 0 Å². The zero-order chi connectivity index (χ0) is 11.4. The molecular weight excluding hydrogens is 202 g/mol. The lowest BCUT2D eigenvalue weighted by Crippen LogP contribution is -2.27. The van der Waals surface area contributed by atoms with E-state index >= 15 is 0 Å². The Kier molecular flexibility index (Phi) is 3.20. The van der Waals surface area contributed by atoms with Crippen LogP contribution < -0.4 is 10.2 Å². The predicted molar refractivity (Wildman–Crippen MR) is 62.2 cm³/mol. The van der Waals surface area contributed by atoms with Gasteiger partial charge in [0.1, 0.15) is 11.6 Å². The number of nitrogens with zero attached hydrogens (tertiary/aromatic N) is 4. The van der Waals surface area contributed by atoms with E-state index in [1.165, 1.54) is 12.8 Å². The van der Waals surface area contributed by atoms with Crippen molar-refractivity contribution in [3.63, 3.8) is 0 Å². The number of hydrogen-bond donors (Lipinski definition) is 1. The monoisotopic (exact) mass is 217 g/mol. The molecule has 1 N–H and O–H groups in total. The molecule has 1 heterocycles. The summed E-state index contributed by atoms with van der Waals surface area (Å²) in [5.41, 5.74) is 0. The van der Waals surface area contributed by atoms with Crippen LogP contribution in [0, 0.1) is 11.3 Å². The van der Waals surface area contributed by atoms with Crippen molar-refractivity contribution in [1.82, 2.24) is 9.97 Å². The van der Waals surface area contributed by atoms with Crippen molar-refractivity contribution in [2.75, 3.05) is 23.8 Å². The van der Waals surface area contributed by atoms with Gasteiger partial charge in [-0.1, -0.05) is 0 Å². The maximum absolute atomic E-state index is 8.64. The quantitative estimate of drug-likeness (QED) is 0.807. The molecule has 0 aromatic carbocycles. The van der Waals surface area contributed by atoms with Gasteiger partial charge in [0.05, 0.1) is 24.9 Å². The number of nitriles is 1. The van der Waals surface area contributed by atoms with Crippen molar-refractivity contribution < 1.29 is 0 Å². The first kappa shape index (κ1) is 10.7. The van der Waals surface area contributed by atoms with Crippen LogP contribution in [-0.2, 0) is 0 Å². The van der Waals surface area contributed by atoms with E-state index in [0.717, 1.165) is 18.2 Å². The van der Waals surface area contributed by atoms with Crippen LogP contribution >= 0.6 is 0 Å². The number of rotatable bonds is 5. The third-order valence-electron chi connectivity index (χ3n) is 2.62. The second-order valence-electron chi connectivity index (χ2n) is 3.85. The molecule has 1 aliphatic carbocycles. The van der Waals surface area contributed by atoms with Gasteiger partial charge in [-0.25, -0.2) is 4.98 Å². The normalized spacial score (nSPS) is 14.2. The van der Waals surface area contributed by atoms with Crippen molar-refractivity contribution >= 4 is 11.6 Å². The zero-order valence-electron chi connectivity index (χ0n) is 9.35. The van der Waals surface area contributed by atoms with Crippen LogP contribution in [0.1, 0.15) is 19.3 Å². The zero-order valence-corrected chi connectivity index (χ0v) is 9.35. The minimum atomic E-state index is 0.530. The summed E-state index contributed by atoms with van der Waals surface area (Å²) in [6, 6.07) is 2.72. The summed E-state index contributed by atoms with van der Waals surface area (Å²) in [5.74, 6) is 1.63. The number of aromatic nitrogens is 2. The number of hydrogen-bond acceptors (Lipinski definition) is 5. The Morgan fingerprint density at radius 3 is 3.00 bits per heavy atom. The van der Waals surface area contributed by atoms with Gasteiger partial charge in [-0.3, -0.25) is 4.98 Å². The predicted octanol–water partition coefficient (Wildman–Crippen LogP) is 1.40. The standard InChI is InChI=1S/C11H15N5/c1-13-10-7-14-8-11(15-10)16(6-2-5-12)9-3-4-9/h7-9H,2-4,6H2,1H3,(H,13,15). The number of nitrogens with one attached hydrogen (secondary N) is 1. The molecule has 0 aliphatic heterocycles. The van der Waals surface area contributed by atoms with Crippen molar-refractivity contribution in [2.24, 2.45) is 0 Å². The Bertz CT molecular complexity index is 394. The van der Waals surface area contributed by atoms with E-state index in [-0.39, 0.29) is 0 Å². The molecular formula is C11H15N5. The van der Waals surface area contributed by atoms with Gasteiger partial charge < -0.3 is 10.2 Å². The van der Waals surface area contributed by atoms with E-state index in [1.54, 1.807) is 12.4 Å². The van der Waals surface area contributed by atoms with Crippen molar-refractivity contribution in [2.45, 2.75) is 25.3 Å². The fourth-order valence-electron chi connectivity index (χ4n) is 1.66. The molecule has 0 saturated heterocycles. The molecule has 0 bridgehead atoms. The van der Waals surface area contributed by atoms with Gasteiger partial charge in [-0.2, -0.15) is 5.26 Å². The Labute approximate surface area is 95.1 Å². The highest BCUT2D eigenvalue weighted by Crippen LogP contribution is 2.30. The average molecular weight is 217 g/mol. The third kappa shape index (κ3) is 2.40. The van der Waals surface area contributed by atoms with Crippen LogP contribution in [0.2, 0.25) is 0 Å². The highest BCUT2D eigenvalue weighted by molar-refractivity contribution is 5.45. The van der Waals surface area contributed by atoms with Gasteiger partial charge in [0, 0.05) is 19.6 Å². The minimum Gasteiger partial charge on any atom is -0.372 e. The molecule has 1 aromatic rings. The van der Waals surface area contributed by atoms with E-state index in [4.69, 9.17) is 5.26 Å². The van der Waals surface area contributed by atoms with Gasteiger partial charge in [0.2, 0.25) is 0 Å². The summed E-state index contributed by atoms with van der Waals surface area (Å²) in [6.07, 6.45) is 6.37. The summed E-state index contributed by atoms with van der Waals surface area (Å²) in [4.78, 5) is 10.8. The summed E-state index contributed by atoms with van der Waals surface area (Å²) < 4.78 is 0. The minimum absolute atomic E-state index is 0.530. The molecule has 0 atom stereocenters. The van der Waals surface area contributed by atoms with Crippen LogP contribution in [0.5, 0.6) is 0 Å². The number of anilines is 2. The molecule has 0 radical (unpaired) electrons. The molecule has 84 valence electrons. The molecule has 5 heteroatoms. The fourth-order valence-corrected chi connectivity index (χ4v) is 1.66. The topological polar surface area (TPSA) is 64.8 Å². The van der Waals surface area contributed by atoms with Crippen molar-refractivity contribution in [3.05, 3.63) is 12.4 Å². The SMILES string of the molecule is CNc1cncc(N(CCC#N)C2CC2)n1. The molecule has 5 nitrogen and oxygen atoms in total. The smallest absolute Gasteiger partial charge is 0.149 e. The van der Waals surface area contributed by atoms with Crippen molar-refractivity contribution in [1.29, 1.82) is 5.26 Å². The molecule has 0 spiro atoms. The lowest BCUT2D eigenvalue weighted by atomic mass is 10.4. The lowest BCUT2D eigenvalue weighted by molar-refractivity contribution is 0.775. The van der Waals surface area contributed by atoms with Gasteiger partial charge in [-0.15, -0.1) is 0 Å². The average Bonchev–Trinajstić information content (AvgIpc) is 3.14. The third-order valence-corrected chi connectivity index (χ3v) is 2.62. The summed E-state index contributed by atoms with van der Waals surface area (Å²) in [7, 11) is 1.82. The van der Waals surface area contributed by atoms with Crippen LogP contribution in [0.25, 0.3) is 0 Å². The van der Waals surface area contributed by atoms with Gasteiger partial charge >= 0.3 is 0 Å². The largest absolute Gasteiger partial charge is 0.372 e. The molecule has 1 aliphatic rings. The first-order valence-corrected chi connectivity index (χ1v) is 5.48. The summed E-state index contributed by atoms with van der Waals surface area (Å²) >= 11 is 0. The van der Waals surface area contributed by atoms with E-state index in [2.05, 4.69) is 26.3 Å². The Hall–Kier alpha value is -1.83. The van der Waals surface area contributed by atoms with Crippen LogP contribution in [0.4, 0.5) is 11.6 Å². The van der Waals surface area contributed by atoms with Gasteiger partial charge in [0.25, 0.3) is 0 Å². The van der Waals surface area contributed by atoms with Crippen LogP contribution in [0.3, 0.4) is 0 Å². The Balaban J connectivity index is 2.14. The van der Waals surface area contributed by atoms with Crippen LogP contribution in [0.15, 0.2) is 12.4 Å². The molecule has 1 aromatic heterocycles. The fraction of sp³-hybridized carbons (Fsp3) is 0.545. The molecule has 1 saturated carbocycles. The van der Waals surface area contributed by atoms with E-state index in [1.807, 2.05) is 7.05 Å². The molecule has 0 amide bonds. The molecule has 0 unspecified atom stereocenters. The Morgan fingerprint density at radius 2 is 2.38 bits per heavy atom. The van der Waals surface area contributed by atoms with Crippen molar-refractivity contribution in [3.8, 4) is 6.07 Å². The summed E-state index contributed by atoms with van der Waals surface area (Å²) in [6.45, 7) is 0.739. The first-order chi connectivity index (χ1) is 7.85. The van der Waals surface area contributed by atoms with E-state index in [0.29, 0.717) is 12.5 Å². The highest BCUT2D eigenvalue weighted by Gasteiger charge is 2.29. The molecule has 16 heavy (non-hydrogen) atoms. The molecule has 1 fully saturated rings. The van der Waals surface area contributed by atoms with E-state index in [9.17, 15) is 0 Å². The summed E-state index contributed by atoms with van der Waals surface area (Å²) in [5, 5.41) is 11.6. The second kappa shape index (κ2) is 4.79. The maximum atomic E-state index is 8.64. The van der Waals surface area contributed by atoms with Gasteiger partial charge in [-0.05, 0) is 12.8 Å². The second-order valence-corrected chi connectivity index (χ2v) is 3.85. The molecule has 2 rings (SSSR count). The Morgan fingerprint density at radius 1 is 1.56 bits per heavy atom. The van der Waals surface area contributed by atoms with Crippen LogP contribution in [-0.4, -0.2) is 29.6 Å². The van der Waals surface area contributed by atoms with Gasteiger partial charge in [0.15, 0.2) is 0 Å². The highest BCUT2D eigenvalue weighted by atomic mass is 15.2. The lowest BCUT2D eigenvalue weighted by Gasteiger charge is -2.22. The first-order valence-electron chi connectivity index (χ1n) is 5.48.